The van der Waals surface area contributed by atoms with Gasteiger partial charge in [-0.25, -0.2) is 0 Å². The smallest absolute Gasteiger partial charge is 0.311 e. The summed E-state index contributed by atoms with van der Waals surface area (Å²) in [7, 11) is 1.49. The van der Waals surface area contributed by atoms with Crippen LogP contribution in [0.2, 0.25) is 5.02 Å². The standard InChI is InChI=1S/C17H14ClNO3/c1-22-16-6-5-13(18)9-14(16)15(17(20)21)8-11-3-2-4-12(7-11)10-19/h2-7,9,15H,8H2,1H3,(H,20,21). The molecule has 0 fully saturated rings. The Hall–Kier alpha value is -2.51. The van der Waals surface area contributed by atoms with Crippen LogP contribution in [0.5, 0.6) is 5.75 Å². The molecule has 5 heteroatoms. The molecule has 0 aliphatic heterocycles. The number of carboxylic acid groups (broad SMARTS) is 1. The van der Waals surface area contributed by atoms with Gasteiger partial charge >= 0.3 is 5.97 Å². The summed E-state index contributed by atoms with van der Waals surface area (Å²) in [6.45, 7) is 0. The van der Waals surface area contributed by atoms with Gasteiger partial charge in [0.05, 0.1) is 24.7 Å². The van der Waals surface area contributed by atoms with E-state index in [-0.39, 0.29) is 6.42 Å². The van der Waals surface area contributed by atoms with Crippen LogP contribution in [0.3, 0.4) is 0 Å². The van der Waals surface area contributed by atoms with Gasteiger partial charge in [0, 0.05) is 10.6 Å². The van der Waals surface area contributed by atoms with Crippen molar-refractivity contribution in [2.24, 2.45) is 0 Å². The fourth-order valence-corrected chi connectivity index (χ4v) is 2.49. The molecule has 0 radical (unpaired) electrons. The predicted octanol–water partition coefficient (Wildman–Crippen LogP) is 3.63. The van der Waals surface area contributed by atoms with Crippen LogP contribution >= 0.6 is 11.6 Å². The molecular weight excluding hydrogens is 302 g/mol. The zero-order chi connectivity index (χ0) is 16.1. The highest BCUT2D eigenvalue weighted by atomic mass is 35.5. The number of rotatable bonds is 5. The van der Waals surface area contributed by atoms with E-state index in [1.807, 2.05) is 6.07 Å². The van der Waals surface area contributed by atoms with Gasteiger partial charge in [-0.2, -0.15) is 5.26 Å². The summed E-state index contributed by atoms with van der Waals surface area (Å²) >= 11 is 5.98. The zero-order valence-corrected chi connectivity index (χ0v) is 12.7. The first-order valence-corrected chi connectivity index (χ1v) is 6.98. The van der Waals surface area contributed by atoms with Crippen molar-refractivity contribution in [3.63, 3.8) is 0 Å². The van der Waals surface area contributed by atoms with E-state index in [2.05, 4.69) is 0 Å². The summed E-state index contributed by atoms with van der Waals surface area (Å²) in [5.41, 5.74) is 1.79. The van der Waals surface area contributed by atoms with Gasteiger partial charge < -0.3 is 9.84 Å². The number of hydrogen-bond donors (Lipinski definition) is 1. The molecule has 0 spiro atoms. The second-order valence-electron chi connectivity index (χ2n) is 4.79. The zero-order valence-electron chi connectivity index (χ0n) is 11.9. The van der Waals surface area contributed by atoms with Crippen LogP contribution in [0.15, 0.2) is 42.5 Å². The lowest BCUT2D eigenvalue weighted by Crippen LogP contribution is -2.15. The van der Waals surface area contributed by atoms with E-state index in [9.17, 15) is 9.90 Å². The number of halogens is 1. The average molecular weight is 316 g/mol. The lowest BCUT2D eigenvalue weighted by molar-refractivity contribution is -0.138. The fourth-order valence-electron chi connectivity index (χ4n) is 2.31. The van der Waals surface area contributed by atoms with Crippen LogP contribution < -0.4 is 4.74 Å². The third-order valence-corrected chi connectivity index (χ3v) is 3.60. The maximum Gasteiger partial charge on any atom is 0.311 e. The Morgan fingerprint density at radius 3 is 2.77 bits per heavy atom. The van der Waals surface area contributed by atoms with Gasteiger partial charge in [-0.1, -0.05) is 23.7 Å². The number of nitrogens with zero attached hydrogens (tertiary/aromatic N) is 1. The van der Waals surface area contributed by atoms with Crippen LogP contribution in [-0.2, 0) is 11.2 Å². The van der Waals surface area contributed by atoms with E-state index in [0.29, 0.717) is 21.9 Å². The van der Waals surface area contributed by atoms with E-state index in [4.69, 9.17) is 21.6 Å². The van der Waals surface area contributed by atoms with Crippen molar-refractivity contribution in [1.29, 1.82) is 5.26 Å². The molecule has 2 aromatic rings. The maximum absolute atomic E-state index is 11.7. The number of aliphatic carboxylic acids is 1. The van der Waals surface area contributed by atoms with E-state index in [0.717, 1.165) is 5.56 Å². The highest BCUT2D eigenvalue weighted by Gasteiger charge is 2.24. The predicted molar refractivity (Wildman–Crippen MR) is 83.2 cm³/mol. The molecule has 22 heavy (non-hydrogen) atoms. The molecule has 0 saturated carbocycles. The minimum absolute atomic E-state index is 0.252. The molecule has 2 rings (SSSR count). The third kappa shape index (κ3) is 3.57. The quantitative estimate of drug-likeness (QED) is 0.914. The Morgan fingerprint density at radius 1 is 1.36 bits per heavy atom. The molecule has 0 aromatic heterocycles. The number of benzene rings is 2. The van der Waals surface area contributed by atoms with Gasteiger partial charge in [0.15, 0.2) is 0 Å². The Balaban J connectivity index is 2.41. The largest absolute Gasteiger partial charge is 0.496 e. The van der Waals surface area contributed by atoms with Crippen LogP contribution in [-0.4, -0.2) is 18.2 Å². The molecule has 0 amide bonds. The second kappa shape index (κ2) is 6.97. The molecule has 0 heterocycles. The summed E-state index contributed by atoms with van der Waals surface area (Å²) in [5, 5.41) is 19.0. The molecule has 4 nitrogen and oxygen atoms in total. The number of carbonyl (C=O) groups is 1. The Labute approximate surface area is 133 Å². The Kier molecular flexibility index (Phi) is 5.03. The van der Waals surface area contributed by atoms with Crippen LogP contribution in [0.1, 0.15) is 22.6 Å². The lowest BCUT2D eigenvalue weighted by Gasteiger charge is -2.17. The molecular formula is C17H14ClNO3. The molecule has 0 aliphatic carbocycles. The van der Waals surface area contributed by atoms with Gasteiger partial charge in [-0.3, -0.25) is 4.79 Å². The van der Waals surface area contributed by atoms with Crippen molar-refractivity contribution in [3.05, 3.63) is 64.2 Å². The molecule has 0 aliphatic rings. The number of hydrogen-bond acceptors (Lipinski definition) is 3. The summed E-state index contributed by atoms with van der Waals surface area (Å²) in [5.74, 6) is -1.29. The first-order valence-electron chi connectivity index (χ1n) is 6.60. The van der Waals surface area contributed by atoms with Crippen LogP contribution in [0.25, 0.3) is 0 Å². The van der Waals surface area contributed by atoms with Gasteiger partial charge in [0.25, 0.3) is 0 Å². The van der Waals surface area contributed by atoms with Crippen LogP contribution in [0, 0.1) is 11.3 Å². The first-order chi connectivity index (χ1) is 10.5. The minimum Gasteiger partial charge on any atom is -0.496 e. The molecule has 0 bridgehead atoms. The Bertz CT molecular complexity index is 737. The van der Waals surface area contributed by atoms with Gasteiger partial charge in [0.1, 0.15) is 5.75 Å². The van der Waals surface area contributed by atoms with Crippen molar-refractivity contribution in [2.75, 3.05) is 7.11 Å². The van der Waals surface area contributed by atoms with Crippen molar-refractivity contribution in [1.82, 2.24) is 0 Å². The molecule has 1 N–H and O–H groups in total. The van der Waals surface area contributed by atoms with Crippen molar-refractivity contribution in [2.45, 2.75) is 12.3 Å². The van der Waals surface area contributed by atoms with Gasteiger partial charge in [0.2, 0.25) is 0 Å². The number of methoxy groups -OCH3 is 1. The second-order valence-corrected chi connectivity index (χ2v) is 5.23. The number of ether oxygens (including phenoxy) is 1. The van der Waals surface area contributed by atoms with Crippen molar-refractivity contribution >= 4 is 17.6 Å². The summed E-state index contributed by atoms with van der Waals surface area (Å²) in [4.78, 5) is 11.7. The van der Waals surface area contributed by atoms with E-state index in [1.54, 1.807) is 42.5 Å². The first kappa shape index (κ1) is 15.9. The monoisotopic (exact) mass is 315 g/mol. The Morgan fingerprint density at radius 2 is 2.14 bits per heavy atom. The van der Waals surface area contributed by atoms with Crippen molar-refractivity contribution < 1.29 is 14.6 Å². The molecule has 1 atom stereocenters. The number of nitriles is 1. The summed E-state index contributed by atoms with van der Waals surface area (Å²) in [6.07, 6.45) is 0.252. The minimum atomic E-state index is -0.970. The van der Waals surface area contributed by atoms with Crippen molar-refractivity contribution in [3.8, 4) is 11.8 Å². The van der Waals surface area contributed by atoms with Crippen LogP contribution in [0.4, 0.5) is 0 Å². The van der Waals surface area contributed by atoms with Gasteiger partial charge in [-0.15, -0.1) is 0 Å². The molecule has 0 saturated heterocycles. The summed E-state index contributed by atoms with van der Waals surface area (Å²) in [6, 6.07) is 13.9. The molecule has 1 unspecified atom stereocenters. The topological polar surface area (TPSA) is 70.3 Å². The third-order valence-electron chi connectivity index (χ3n) is 3.36. The number of carboxylic acids is 1. The van der Waals surface area contributed by atoms with Gasteiger partial charge in [-0.05, 0) is 42.3 Å². The SMILES string of the molecule is COc1ccc(Cl)cc1C(Cc1cccc(C#N)c1)C(=O)O. The average Bonchev–Trinajstić information content (AvgIpc) is 2.52. The fraction of sp³-hybridized carbons (Fsp3) is 0.176. The highest BCUT2D eigenvalue weighted by Crippen LogP contribution is 2.32. The van der Waals surface area contributed by atoms with E-state index >= 15 is 0 Å². The lowest BCUT2D eigenvalue weighted by atomic mass is 9.91. The molecule has 2 aromatic carbocycles. The normalized spacial score (nSPS) is 11.5. The molecule has 112 valence electrons. The highest BCUT2D eigenvalue weighted by molar-refractivity contribution is 6.30. The van der Waals surface area contributed by atoms with E-state index < -0.39 is 11.9 Å². The summed E-state index contributed by atoms with van der Waals surface area (Å²) < 4.78 is 5.24. The van der Waals surface area contributed by atoms with E-state index in [1.165, 1.54) is 7.11 Å². The maximum atomic E-state index is 11.7.